The number of amides is 1. The van der Waals surface area contributed by atoms with Gasteiger partial charge in [-0.3, -0.25) is 4.79 Å². The summed E-state index contributed by atoms with van der Waals surface area (Å²) in [6, 6.07) is 1.52. The molecule has 5 heteroatoms. The number of phenols is 1. The van der Waals surface area contributed by atoms with E-state index in [2.05, 4.69) is 5.32 Å². The lowest BCUT2D eigenvalue weighted by Gasteiger charge is -2.19. The average Bonchev–Trinajstić information content (AvgIpc) is 2.24. The molecule has 0 aliphatic heterocycles. The Balaban J connectivity index is 3.17. The first-order chi connectivity index (χ1) is 8.18. The van der Waals surface area contributed by atoms with Crippen LogP contribution in [-0.4, -0.2) is 11.0 Å². The van der Waals surface area contributed by atoms with Crippen LogP contribution in [0.25, 0.3) is 0 Å². The highest BCUT2D eigenvalue weighted by Gasteiger charge is 2.23. The summed E-state index contributed by atoms with van der Waals surface area (Å²) in [7, 11) is 0. The Morgan fingerprint density at radius 1 is 1.39 bits per heavy atom. The number of rotatable bonds is 2. The van der Waals surface area contributed by atoms with Gasteiger partial charge in [0.15, 0.2) is 5.75 Å². The highest BCUT2D eigenvalue weighted by atomic mass is 35.5. The second-order valence-corrected chi connectivity index (χ2v) is 5.89. The van der Waals surface area contributed by atoms with E-state index < -0.39 is 5.41 Å². The van der Waals surface area contributed by atoms with Crippen molar-refractivity contribution in [1.29, 1.82) is 0 Å². The number of nitrogens with one attached hydrogen (secondary N) is 1. The maximum absolute atomic E-state index is 11.9. The fraction of sp³-hybridized carbons (Fsp3) is 0.462. The van der Waals surface area contributed by atoms with Gasteiger partial charge in [-0.25, -0.2) is 0 Å². The topological polar surface area (TPSA) is 49.3 Å². The second kappa shape index (κ2) is 5.37. The molecule has 0 saturated carbocycles. The molecule has 0 unspecified atom stereocenters. The third kappa shape index (κ3) is 3.09. The lowest BCUT2D eigenvalue weighted by Crippen LogP contribution is -2.27. The lowest BCUT2D eigenvalue weighted by molar-refractivity contribution is -0.123. The zero-order valence-electron chi connectivity index (χ0n) is 10.9. The third-order valence-corrected chi connectivity index (χ3v) is 3.31. The molecule has 0 bridgehead atoms. The van der Waals surface area contributed by atoms with Gasteiger partial charge in [0.2, 0.25) is 5.91 Å². The van der Waals surface area contributed by atoms with Crippen molar-refractivity contribution in [3.63, 3.8) is 0 Å². The summed E-state index contributed by atoms with van der Waals surface area (Å²) in [5, 5.41) is 13.2. The van der Waals surface area contributed by atoms with Gasteiger partial charge >= 0.3 is 0 Å². The lowest BCUT2D eigenvalue weighted by atomic mass is 9.95. The van der Waals surface area contributed by atoms with Crippen LogP contribution in [-0.2, 0) is 11.2 Å². The molecule has 1 aromatic rings. The summed E-state index contributed by atoms with van der Waals surface area (Å²) >= 11 is 12.1. The number of hydrogen-bond acceptors (Lipinski definition) is 2. The Hall–Kier alpha value is -0.930. The number of phenolic OH excluding ortho intramolecular Hbond substituents is 1. The first-order valence-corrected chi connectivity index (χ1v) is 6.45. The van der Waals surface area contributed by atoms with Crippen LogP contribution in [0.5, 0.6) is 5.75 Å². The Morgan fingerprint density at radius 3 is 2.39 bits per heavy atom. The number of hydrogen-bond donors (Lipinski definition) is 2. The molecule has 0 aliphatic rings. The predicted octanol–water partition coefficient (Wildman–Crippen LogP) is 4.25. The molecule has 18 heavy (non-hydrogen) atoms. The van der Waals surface area contributed by atoms with Crippen molar-refractivity contribution in [1.82, 2.24) is 0 Å². The van der Waals surface area contributed by atoms with Crippen molar-refractivity contribution < 1.29 is 9.90 Å². The first-order valence-electron chi connectivity index (χ1n) is 5.69. The molecule has 0 heterocycles. The minimum Gasteiger partial charge on any atom is -0.504 e. The molecule has 100 valence electrons. The van der Waals surface area contributed by atoms with E-state index in [9.17, 15) is 9.90 Å². The molecule has 0 fully saturated rings. The van der Waals surface area contributed by atoms with E-state index >= 15 is 0 Å². The van der Waals surface area contributed by atoms with Gasteiger partial charge in [0.05, 0.1) is 10.7 Å². The summed E-state index contributed by atoms with van der Waals surface area (Å²) in [4.78, 5) is 11.9. The molecule has 3 nitrogen and oxygen atoms in total. The van der Waals surface area contributed by atoms with Gasteiger partial charge in [-0.1, -0.05) is 50.9 Å². The highest BCUT2D eigenvalue weighted by Crippen LogP contribution is 2.40. The van der Waals surface area contributed by atoms with Crippen molar-refractivity contribution in [3.05, 3.63) is 21.7 Å². The number of carbonyl (C=O) groups excluding carboxylic acids is 1. The normalized spacial score (nSPS) is 11.4. The molecule has 0 radical (unpaired) electrons. The van der Waals surface area contributed by atoms with Crippen LogP contribution in [0.1, 0.15) is 33.3 Å². The number of carbonyl (C=O) groups is 1. The van der Waals surface area contributed by atoms with Crippen LogP contribution in [0, 0.1) is 5.41 Å². The van der Waals surface area contributed by atoms with Crippen LogP contribution in [0.3, 0.4) is 0 Å². The quantitative estimate of drug-likeness (QED) is 0.800. The molecular weight excluding hydrogens is 273 g/mol. The van der Waals surface area contributed by atoms with Gasteiger partial charge in [0.25, 0.3) is 0 Å². The average molecular weight is 290 g/mol. The Kier molecular flexibility index (Phi) is 4.51. The van der Waals surface area contributed by atoms with Crippen molar-refractivity contribution in [3.8, 4) is 5.75 Å². The minimum atomic E-state index is -0.561. The Labute approximate surface area is 117 Å². The minimum absolute atomic E-state index is 0.143. The number of halogens is 2. The second-order valence-electron chi connectivity index (χ2n) is 5.10. The van der Waals surface area contributed by atoms with E-state index in [-0.39, 0.29) is 22.4 Å². The van der Waals surface area contributed by atoms with E-state index in [0.717, 1.165) is 0 Å². The smallest absolute Gasteiger partial charge is 0.229 e. The maximum Gasteiger partial charge on any atom is 0.229 e. The molecular formula is C13H17Cl2NO2. The predicted molar refractivity (Wildman–Crippen MR) is 75.6 cm³/mol. The fourth-order valence-corrected chi connectivity index (χ4v) is 2.10. The zero-order chi connectivity index (χ0) is 14.1. The van der Waals surface area contributed by atoms with Crippen molar-refractivity contribution in [2.24, 2.45) is 5.41 Å². The molecule has 0 spiro atoms. The molecule has 1 amide bonds. The fourth-order valence-electron chi connectivity index (χ4n) is 1.38. The summed E-state index contributed by atoms with van der Waals surface area (Å²) < 4.78 is 0. The van der Waals surface area contributed by atoms with Crippen molar-refractivity contribution >= 4 is 34.8 Å². The monoisotopic (exact) mass is 289 g/mol. The molecule has 0 saturated heterocycles. The summed E-state index contributed by atoms with van der Waals surface area (Å²) in [5.74, 6) is -0.357. The van der Waals surface area contributed by atoms with E-state index in [1.165, 1.54) is 6.07 Å². The highest BCUT2D eigenvalue weighted by molar-refractivity contribution is 6.37. The molecule has 1 rings (SSSR count). The molecule has 0 aliphatic carbocycles. The molecule has 0 aromatic heterocycles. The molecule has 1 aromatic carbocycles. The number of benzene rings is 1. The number of anilines is 1. The molecule has 0 atom stereocenters. The number of aromatic hydroxyl groups is 1. The van der Waals surface area contributed by atoms with E-state index in [1.54, 1.807) is 20.8 Å². The van der Waals surface area contributed by atoms with Gasteiger partial charge in [0, 0.05) is 10.4 Å². The van der Waals surface area contributed by atoms with E-state index in [1.807, 2.05) is 6.92 Å². The van der Waals surface area contributed by atoms with Crippen LogP contribution < -0.4 is 5.32 Å². The van der Waals surface area contributed by atoms with E-state index in [4.69, 9.17) is 23.2 Å². The van der Waals surface area contributed by atoms with Gasteiger partial charge in [-0.2, -0.15) is 0 Å². The van der Waals surface area contributed by atoms with E-state index in [0.29, 0.717) is 17.0 Å². The molecule has 2 N–H and O–H groups in total. The summed E-state index contributed by atoms with van der Waals surface area (Å²) in [5.41, 5.74) is 0.348. The van der Waals surface area contributed by atoms with Gasteiger partial charge in [0.1, 0.15) is 0 Å². The van der Waals surface area contributed by atoms with Gasteiger partial charge < -0.3 is 10.4 Å². The SMILES string of the molecule is CCc1c(Cl)cc(NC(=O)C(C)(C)C)c(O)c1Cl. The van der Waals surface area contributed by atoms with Crippen LogP contribution in [0.2, 0.25) is 10.0 Å². The van der Waals surface area contributed by atoms with Crippen LogP contribution >= 0.6 is 23.2 Å². The Bertz CT molecular complexity index is 479. The van der Waals surface area contributed by atoms with Gasteiger partial charge in [-0.05, 0) is 18.1 Å². The third-order valence-electron chi connectivity index (χ3n) is 2.57. The van der Waals surface area contributed by atoms with Crippen LogP contribution in [0.4, 0.5) is 5.69 Å². The largest absolute Gasteiger partial charge is 0.504 e. The zero-order valence-corrected chi connectivity index (χ0v) is 12.4. The first kappa shape index (κ1) is 15.1. The van der Waals surface area contributed by atoms with Crippen molar-refractivity contribution in [2.75, 3.05) is 5.32 Å². The van der Waals surface area contributed by atoms with Crippen molar-refractivity contribution in [2.45, 2.75) is 34.1 Å². The van der Waals surface area contributed by atoms with Gasteiger partial charge in [-0.15, -0.1) is 0 Å². The summed E-state index contributed by atoms with van der Waals surface area (Å²) in [6.07, 6.45) is 0.610. The standard InChI is InChI=1S/C13H17Cl2NO2/c1-5-7-8(14)6-9(11(17)10(7)15)16-12(18)13(2,3)4/h6,17H,5H2,1-4H3,(H,16,18). The Morgan fingerprint density at radius 2 is 1.94 bits per heavy atom. The van der Waals surface area contributed by atoms with Crippen LogP contribution in [0.15, 0.2) is 6.07 Å². The summed E-state index contributed by atoms with van der Waals surface area (Å²) in [6.45, 7) is 7.23. The maximum atomic E-state index is 11.9.